The molecule has 0 unspecified atom stereocenters. The third kappa shape index (κ3) is 2.94. The Labute approximate surface area is 95.2 Å². The molecule has 0 atom stereocenters. The molecule has 16 heavy (non-hydrogen) atoms. The average Bonchev–Trinajstić information content (AvgIpc) is 2.80. The molecule has 0 N–H and O–H groups in total. The van der Waals surface area contributed by atoms with Gasteiger partial charge in [0.2, 0.25) is 6.08 Å². The molecule has 1 fully saturated rings. The van der Waals surface area contributed by atoms with Gasteiger partial charge in [0.15, 0.2) is 0 Å². The summed E-state index contributed by atoms with van der Waals surface area (Å²) in [5.41, 5.74) is 0.985. The second-order valence-corrected chi connectivity index (χ2v) is 4.08. The standard InChI is InChI=1S/C13H15NO2/c15-10-14-9-11-4-3-7-13(8-11)16-12-5-1-2-6-12/h3-4,7-8,12H,1-2,5-6,9H2. The zero-order chi connectivity index (χ0) is 11.2. The Morgan fingerprint density at radius 3 is 2.94 bits per heavy atom. The predicted octanol–water partition coefficient (Wildman–Crippen LogP) is 2.84. The molecular weight excluding hydrogens is 202 g/mol. The number of ether oxygens (including phenoxy) is 1. The van der Waals surface area contributed by atoms with E-state index in [9.17, 15) is 4.79 Å². The molecule has 1 aromatic carbocycles. The molecule has 0 heterocycles. The summed E-state index contributed by atoms with van der Waals surface area (Å²) in [7, 11) is 0. The molecule has 1 aliphatic rings. The maximum atomic E-state index is 10.0. The van der Waals surface area contributed by atoms with Crippen molar-refractivity contribution in [1.29, 1.82) is 0 Å². The van der Waals surface area contributed by atoms with Gasteiger partial charge in [-0.1, -0.05) is 12.1 Å². The van der Waals surface area contributed by atoms with E-state index in [0.717, 1.165) is 24.2 Å². The maximum Gasteiger partial charge on any atom is 0.235 e. The van der Waals surface area contributed by atoms with Crippen LogP contribution in [0.25, 0.3) is 0 Å². The molecule has 0 spiro atoms. The molecule has 0 aliphatic heterocycles. The molecule has 3 nitrogen and oxygen atoms in total. The lowest BCUT2D eigenvalue weighted by atomic mass is 10.2. The molecule has 0 radical (unpaired) electrons. The van der Waals surface area contributed by atoms with Crippen LogP contribution in [0.2, 0.25) is 0 Å². The smallest absolute Gasteiger partial charge is 0.235 e. The lowest BCUT2D eigenvalue weighted by Gasteiger charge is -2.13. The first kappa shape index (κ1) is 10.9. The average molecular weight is 217 g/mol. The number of benzene rings is 1. The Balaban J connectivity index is 2.00. The van der Waals surface area contributed by atoms with Crippen molar-refractivity contribution in [3.63, 3.8) is 0 Å². The van der Waals surface area contributed by atoms with Gasteiger partial charge in [0.05, 0.1) is 12.6 Å². The minimum Gasteiger partial charge on any atom is -0.490 e. The lowest BCUT2D eigenvalue weighted by Crippen LogP contribution is -2.10. The van der Waals surface area contributed by atoms with Crippen molar-refractivity contribution in [2.24, 2.45) is 4.99 Å². The van der Waals surface area contributed by atoms with Gasteiger partial charge in [-0.15, -0.1) is 0 Å². The monoisotopic (exact) mass is 217 g/mol. The van der Waals surface area contributed by atoms with Crippen LogP contribution in [0.15, 0.2) is 29.3 Å². The first-order chi connectivity index (χ1) is 7.88. The third-order valence-electron chi connectivity index (χ3n) is 2.83. The Kier molecular flexibility index (Phi) is 3.73. The normalized spacial score (nSPS) is 15.8. The van der Waals surface area contributed by atoms with Gasteiger partial charge < -0.3 is 4.74 Å². The fourth-order valence-electron chi connectivity index (χ4n) is 2.04. The number of aliphatic imine (C=N–C) groups is 1. The van der Waals surface area contributed by atoms with Gasteiger partial charge in [0, 0.05) is 0 Å². The van der Waals surface area contributed by atoms with Crippen LogP contribution in [0.5, 0.6) is 5.75 Å². The highest BCUT2D eigenvalue weighted by molar-refractivity contribution is 5.35. The Morgan fingerprint density at radius 2 is 2.19 bits per heavy atom. The summed E-state index contributed by atoms with van der Waals surface area (Å²) in [6.07, 6.45) is 6.73. The van der Waals surface area contributed by atoms with E-state index in [2.05, 4.69) is 4.99 Å². The van der Waals surface area contributed by atoms with E-state index in [1.54, 1.807) is 6.08 Å². The summed E-state index contributed by atoms with van der Waals surface area (Å²) in [4.78, 5) is 13.6. The van der Waals surface area contributed by atoms with Crippen LogP contribution in [-0.4, -0.2) is 12.2 Å². The van der Waals surface area contributed by atoms with Crippen LogP contribution in [0, 0.1) is 0 Å². The van der Waals surface area contributed by atoms with Crippen molar-refractivity contribution in [3.8, 4) is 5.75 Å². The van der Waals surface area contributed by atoms with Crippen LogP contribution in [0.1, 0.15) is 31.2 Å². The van der Waals surface area contributed by atoms with Crippen molar-refractivity contribution in [3.05, 3.63) is 29.8 Å². The first-order valence-electron chi connectivity index (χ1n) is 5.68. The van der Waals surface area contributed by atoms with Crippen molar-refractivity contribution in [1.82, 2.24) is 0 Å². The maximum absolute atomic E-state index is 10.0. The number of hydrogen-bond donors (Lipinski definition) is 0. The second kappa shape index (κ2) is 5.47. The molecular formula is C13H15NO2. The van der Waals surface area contributed by atoms with Gasteiger partial charge in [-0.05, 0) is 43.4 Å². The Morgan fingerprint density at radius 1 is 1.38 bits per heavy atom. The Bertz CT molecular complexity index is 391. The van der Waals surface area contributed by atoms with E-state index >= 15 is 0 Å². The lowest BCUT2D eigenvalue weighted by molar-refractivity contribution is 0.210. The van der Waals surface area contributed by atoms with Crippen molar-refractivity contribution < 1.29 is 9.53 Å². The number of nitrogens with zero attached hydrogens (tertiary/aromatic N) is 1. The van der Waals surface area contributed by atoms with Gasteiger partial charge in [0.1, 0.15) is 5.75 Å². The van der Waals surface area contributed by atoms with E-state index in [0.29, 0.717) is 12.6 Å². The predicted molar refractivity (Wildman–Crippen MR) is 61.2 cm³/mol. The highest BCUT2D eigenvalue weighted by Crippen LogP contribution is 2.24. The molecule has 1 saturated carbocycles. The first-order valence-corrected chi connectivity index (χ1v) is 5.68. The Hall–Kier alpha value is -1.60. The summed E-state index contributed by atoms with van der Waals surface area (Å²) < 4.78 is 5.86. The molecule has 84 valence electrons. The summed E-state index contributed by atoms with van der Waals surface area (Å²) in [5.74, 6) is 0.880. The molecule has 1 aliphatic carbocycles. The van der Waals surface area contributed by atoms with E-state index < -0.39 is 0 Å². The van der Waals surface area contributed by atoms with Crippen molar-refractivity contribution in [2.75, 3.05) is 0 Å². The summed E-state index contributed by atoms with van der Waals surface area (Å²) in [5, 5.41) is 0. The zero-order valence-electron chi connectivity index (χ0n) is 9.19. The van der Waals surface area contributed by atoms with Gasteiger partial charge >= 0.3 is 0 Å². The van der Waals surface area contributed by atoms with Crippen LogP contribution in [0.3, 0.4) is 0 Å². The number of rotatable bonds is 4. The molecule has 0 aromatic heterocycles. The third-order valence-corrected chi connectivity index (χ3v) is 2.83. The number of hydrogen-bond acceptors (Lipinski definition) is 3. The van der Waals surface area contributed by atoms with E-state index in [1.165, 1.54) is 12.8 Å². The van der Waals surface area contributed by atoms with Crippen LogP contribution >= 0.6 is 0 Å². The second-order valence-electron chi connectivity index (χ2n) is 4.08. The molecule has 3 heteroatoms. The fourth-order valence-corrected chi connectivity index (χ4v) is 2.04. The number of isocyanates is 1. The van der Waals surface area contributed by atoms with Crippen molar-refractivity contribution >= 4 is 6.08 Å². The summed E-state index contributed by atoms with van der Waals surface area (Å²) in [6.45, 7) is 0.380. The SMILES string of the molecule is O=C=NCc1cccc(OC2CCCC2)c1. The molecule has 0 bridgehead atoms. The van der Waals surface area contributed by atoms with Crippen LogP contribution in [-0.2, 0) is 11.3 Å². The van der Waals surface area contributed by atoms with Crippen LogP contribution < -0.4 is 4.74 Å². The van der Waals surface area contributed by atoms with Gasteiger partial charge in [-0.25, -0.2) is 9.79 Å². The summed E-state index contributed by atoms with van der Waals surface area (Å²) >= 11 is 0. The number of carbonyl (C=O) groups excluding carboxylic acids is 1. The summed E-state index contributed by atoms with van der Waals surface area (Å²) in [6, 6.07) is 7.76. The quantitative estimate of drug-likeness (QED) is 0.574. The highest BCUT2D eigenvalue weighted by Gasteiger charge is 2.16. The van der Waals surface area contributed by atoms with Gasteiger partial charge in [0.25, 0.3) is 0 Å². The largest absolute Gasteiger partial charge is 0.490 e. The van der Waals surface area contributed by atoms with Crippen molar-refractivity contribution in [2.45, 2.75) is 38.3 Å². The van der Waals surface area contributed by atoms with Gasteiger partial charge in [-0.3, -0.25) is 0 Å². The minimum absolute atomic E-state index is 0.366. The molecule has 0 saturated heterocycles. The van der Waals surface area contributed by atoms with E-state index in [1.807, 2.05) is 24.3 Å². The zero-order valence-corrected chi connectivity index (χ0v) is 9.19. The molecule has 1 aromatic rings. The minimum atomic E-state index is 0.366. The van der Waals surface area contributed by atoms with Crippen LogP contribution in [0.4, 0.5) is 0 Å². The fraction of sp³-hybridized carbons (Fsp3) is 0.462. The highest BCUT2D eigenvalue weighted by atomic mass is 16.5. The van der Waals surface area contributed by atoms with Gasteiger partial charge in [-0.2, -0.15) is 0 Å². The van der Waals surface area contributed by atoms with E-state index in [4.69, 9.17) is 4.74 Å². The topological polar surface area (TPSA) is 38.7 Å². The molecule has 2 rings (SSSR count). The molecule has 0 amide bonds. The van der Waals surface area contributed by atoms with E-state index in [-0.39, 0.29) is 0 Å².